The SMILES string of the molecule is Cn1cc(C(=O)C2C3CCCCC32)c2ccc(Cl)cc21. The molecule has 0 bridgehead atoms. The van der Waals surface area contributed by atoms with Crippen LogP contribution in [0.1, 0.15) is 36.0 Å². The number of aromatic nitrogens is 1. The average Bonchev–Trinajstić information content (AvgIpc) is 3.10. The van der Waals surface area contributed by atoms with Crippen molar-refractivity contribution in [3.05, 3.63) is 35.0 Å². The lowest BCUT2D eigenvalue weighted by molar-refractivity contribution is 0.0958. The van der Waals surface area contributed by atoms with E-state index in [1.165, 1.54) is 25.7 Å². The number of fused-ring (bicyclic) bond motifs is 2. The summed E-state index contributed by atoms with van der Waals surface area (Å²) in [4.78, 5) is 12.8. The van der Waals surface area contributed by atoms with E-state index < -0.39 is 0 Å². The van der Waals surface area contributed by atoms with Gasteiger partial charge in [0.1, 0.15) is 0 Å². The quantitative estimate of drug-likeness (QED) is 0.748. The van der Waals surface area contributed by atoms with Crippen LogP contribution in [0.15, 0.2) is 24.4 Å². The first-order valence-electron chi connectivity index (χ1n) is 7.45. The van der Waals surface area contributed by atoms with Crippen LogP contribution in [0, 0.1) is 17.8 Å². The number of hydrogen-bond acceptors (Lipinski definition) is 1. The summed E-state index contributed by atoms with van der Waals surface area (Å²) < 4.78 is 2.01. The molecule has 2 aliphatic carbocycles. The van der Waals surface area contributed by atoms with E-state index in [-0.39, 0.29) is 0 Å². The minimum absolute atomic E-state index is 0.291. The first-order valence-corrected chi connectivity index (χ1v) is 7.83. The molecule has 2 fully saturated rings. The molecule has 4 rings (SSSR count). The van der Waals surface area contributed by atoms with Crippen LogP contribution in [0.3, 0.4) is 0 Å². The van der Waals surface area contributed by atoms with Gasteiger partial charge in [-0.2, -0.15) is 0 Å². The van der Waals surface area contributed by atoms with Crippen LogP contribution in [0.2, 0.25) is 5.02 Å². The van der Waals surface area contributed by atoms with E-state index in [4.69, 9.17) is 11.6 Å². The van der Waals surface area contributed by atoms with Gasteiger partial charge >= 0.3 is 0 Å². The minimum Gasteiger partial charge on any atom is -0.350 e. The lowest BCUT2D eigenvalue weighted by Crippen LogP contribution is -2.03. The number of carbonyl (C=O) groups is 1. The third-order valence-electron chi connectivity index (χ3n) is 5.18. The van der Waals surface area contributed by atoms with Gasteiger partial charge in [0.25, 0.3) is 0 Å². The summed E-state index contributed by atoms with van der Waals surface area (Å²) in [5.41, 5.74) is 1.93. The Morgan fingerprint density at radius 3 is 2.65 bits per heavy atom. The van der Waals surface area contributed by atoms with Crippen LogP contribution < -0.4 is 0 Å². The van der Waals surface area contributed by atoms with E-state index in [0.29, 0.717) is 23.5 Å². The maximum Gasteiger partial charge on any atom is 0.168 e. The molecule has 0 amide bonds. The summed E-state index contributed by atoms with van der Waals surface area (Å²) in [6.45, 7) is 0. The topological polar surface area (TPSA) is 22.0 Å². The molecule has 0 saturated heterocycles. The number of nitrogens with zero attached hydrogens (tertiary/aromatic N) is 1. The largest absolute Gasteiger partial charge is 0.350 e. The second-order valence-corrected chi connectivity index (χ2v) is 6.75. The van der Waals surface area contributed by atoms with Crippen molar-refractivity contribution >= 4 is 28.3 Å². The van der Waals surface area contributed by atoms with Gasteiger partial charge < -0.3 is 4.57 Å². The summed E-state index contributed by atoms with van der Waals surface area (Å²) in [5, 5.41) is 1.77. The maximum atomic E-state index is 12.8. The van der Waals surface area contributed by atoms with Crippen LogP contribution >= 0.6 is 11.6 Å². The summed E-state index contributed by atoms with van der Waals surface area (Å²) >= 11 is 6.06. The first-order chi connectivity index (χ1) is 9.66. The molecule has 0 spiro atoms. The molecule has 2 aromatic rings. The van der Waals surface area contributed by atoms with Crippen molar-refractivity contribution in [3.63, 3.8) is 0 Å². The van der Waals surface area contributed by atoms with Crippen LogP contribution in [-0.2, 0) is 7.05 Å². The van der Waals surface area contributed by atoms with Gasteiger partial charge in [0.2, 0.25) is 0 Å². The van der Waals surface area contributed by atoms with Gasteiger partial charge in [0.15, 0.2) is 5.78 Å². The Morgan fingerprint density at radius 2 is 1.95 bits per heavy atom. The Labute approximate surface area is 123 Å². The predicted molar refractivity (Wildman–Crippen MR) is 81.2 cm³/mol. The van der Waals surface area contributed by atoms with Gasteiger partial charge in [-0.15, -0.1) is 0 Å². The molecule has 0 aliphatic heterocycles. The lowest BCUT2D eigenvalue weighted by atomic mass is 10.0. The highest BCUT2D eigenvalue weighted by Crippen LogP contribution is 2.56. The number of halogens is 1. The Kier molecular flexibility index (Phi) is 2.71. The molecular formula is C17H18ClNO. The molecule has 2 saturated carbocycles. The number of rotatable bonds is 2. The van der Waals surface area contributed by atoms with Crippen LogP contribution in [0.25, 0.3) is 10.9 Å². The second-order valence-electron chi connectivity index (χ2n) is 6.32. The van der Waals surface area contributed by atoms with Gasteiger partial charge in [-0.25, -0.2) is 0 Å². The molecule has 2 atom stereocenters. The Morgan fingerprint density at radius 1 is 1.25 bits per heavy atom. The molecule has 2 aliphatic rings. The highest BCUT2D eigenvalue weighted by Gasteiger charge is 2.54. The van der Waals surface area contributed by atoms with E-state index in [1.54, 1.807) is 0 Å². The van der Waals surface area contributed by atoms with Gasteiger partial charge in [0, 0.05) is 40.7 Å². The first kappa shape index (κ1) is 12.5. The fraction of sp³-hybridized carbons (Fsp3) is 0.471. The van der Waals surface area contributed by atoms with Gasteiger partial charge in [-0.1, -0.05) is 30.5 Å². The van der Waals surface area contributed by atoms with Crippen molar-refractivity contribution in [2.45, 2.75) is 25.7 Å². The van der Waals surface area contributed by atoms with Crippen LogP contribution in [-0.4, -0.2) is 10.4 Å². The molecule has 3 heteroatoms. The Balaban J connectivity index is 1.74. The van der Waals surface area contributed by atoms with Crippen molar-refractivity contribution < 1.29 is 4.79 Å². The fourth-order valence-corrected chi connectivity index (χ4v) is 4.28. The molecule has 0 radical (unpaired) electrons. The summed E-state index contributed by atoms with van der Waals surface area (Å²) in [7, 11) is 1.98. The molecule has 1 heterocycles. The van der Waals surface area contributed by atoms with E-state index in [0.717, 1.165) is 21.5 Å². The Bertz CT molecular complexity index is 690. The van der Waals surface area contributed by atoms with E-state index >= 15 is 0 Å². The monoisotopic (exact) mass is 287 g/mol. The number of ketones is 1. The molecule has 1 aromatic carbocycles. The normalized spacial score (nSPS) is 28.4. The number of carbonyl (C=O) groups excluding carboxylic acids is 1. The van der Waals surface area contributed by atoms with E-state index in [1.807, 2.05) is 36.0 Å². The van der Waals surface area contributed by atoms with Crippen molar-refractivity contribution in [2.75, 3.05) is 0 Å². The van der Waals surface area contributed by atoms with Crippen molar-refractivity contribution in [1.82, 2.24) is 4.57 Å². The van der Waals surface area contributed by atoms with Crippen LogP contribution in [0.4, 0.5) is 0 Å². The minimum atomic E-state index is 0.291. The zero-order valence-electron chi connectivity index (χ0n) is 11.6. The molecular weight excluding hydrogens is 270 g/mol. The Hall–Kier alpha value is -1.28. The molecule has 1 aromatic heterocycles. The van der Waals surface area contributed by atoms with Gasteiger partial charge in [0.05, 0.1) is 0 Å². The number of hydrogen-bond donors (Lipinski definition) is 0. The average molecular weight is 288 g/mol. The fourth-order valence-electron chi connectivity index (χ4n) is 4.11. The van der Waals surface area contributed by atoms with Crippen molar-refractivity contribution in [2.24, 2.45) is 24.8 Å². The highest BCUT2D eigenvalue weighted by molar-refractivity contribution is 6.31. The third kappa shape index (κ3) is 1.74. The van der Waals surface area contributed by atoms with E-state index in [2.05, 4.69) is 0 Å². The number of aryl methyl sites for hydroxylation is 1. The third-order valence-corrected chi connectivity index (χ3v) is 5.41. The zero-order valence-corrected chi connectivity index (χ0v) is 12.4. The lowest BCUT2D eigenvalue weighted by Gasteiger charge is -2.04. The van der Waals surface area contributed by atoms with E-state index in [9.17, 15) is 4.79 Å². The number of benzene rings is 1. The second kappa shape index (κ2) is 4.36. The standard InChI is InChI=1S/C17H18ClNO/c1-19-9-14(11-7-6-10(18)8-15(11)19)17(20)16-12-4-2-3-5-13(12)16/h6-9,12-13,16H,2-5H2,1H3. The molecule has 2 nitrogen and oxygen atoms in total. The summed E-state index contributed by atoms with van der Waals surface area (Å²) in [5.74, 6) is 1.98. The molecule has 104 valence electrons. The smallest absolute Gasteiger partial charge is 0.168 e. The summed E-state index contributed by atoms with van der Waals surface area (Å²) in [6, 6.07) is 5.80. The van der Waals surface area contributed by atoms with Gasteiger partial charge in [-0.05, 0) is 36.8 Å². The highest BCUT2D eigenvalue weighted by atomic mass is 35.5. The van der Waals surface area contributed by atoms with Crippen molar-refractivity contribution in [1.29, 1.82) is 0 Å². The molecule has 20 heavy (non-hydrogen) atoms. The molecule has 0 N–H and O–H groups in total. The number of Topliss-reactive ketones (excluding diaryl/α,β-unsaturated/α-hetero) is 1. The summed E-state index contributed by atoms with van der Waals surface area (Å²) in [6.07, 6.45) is 7.08. The van der Waals surface area contributed by atoms with Gasteiger partial charge in [-0.3, -0.25) is 4.79 Å². The van der Waals surface area contributed by atoms with Crippen LogP contribution in [0.5, 0.6) is 0 Å². The molecule has 2 unspecified atom stereocenters. The zero-order chi connectivity index (χ0) is 13.9. The maximum absolute atomic E-state index is 12.8. The predicted octanol–water partition coefficient (Wildman–Crippen LogP) is 4.45. The van der Waals surface area contributed by atoms with Crippen molar-refractivity contribution in [3.8, 4) is 0 Å².